The fourth-order valence-corrected chi connectivity index (χ4v) is 1.86. The lowest BCUT2D eigenvalue weighted by Crippen LogP contribution is -2.51. The lowest BCUT2D eigenvalue weighted by molar-refractivity contribution is -0.140. The number of hydrogen-bond donors (Lipinski definition) is 2. The molecule has 1 rings (SSSR count). The zero-order chi connectivity index (χ0) is 13.7. The number of rotatable bonds is 4. The van der Waals surface area contributed by atoms with Crippen LogP contribution in [0, 0.1) is 5.92 Å². The predicted molar refractivity (Wildman–Crippen MR) is 69.4 cm³/mol. The average molecular weight is 254 g/mol. The molecule has 0 radical (unpaired) electrons. The van der Waals surface area contributed by atoms with Gasteiger partial charge in [-0.15, -0.1) is 0 Å². The number of amides is 2. The van der Waals surface area contributed by atoms with E-state index in [1.54, 1.807) is 4.90 Å². The first kappa shape index (κ1) is 14.5. The van der Waals surface area contributed by atoms with Crippen molar-refractivity contribution in [1.29, 1.82) is 0 Å². The van der Waals surface area contributed by atoms with Crippen LogP contribution in [0.2, 0.25) is 0 Å². The summed E-state index contributed by atoms with van der Waals surface area (Å²) in [5, 5.41) is 11.7. The van der Waals surface area contributed by atoms with Crippen molar-refractivity contribution in [1.82, 2.24) is 10.2 Å². The molecule has 2 amide bonds. The summed E-state index contributed by atoms with van der Waals surface area (Å²) in [5.74, 6) is -1.05. The maximum Gasteiger partial charge on any atom is 0.326 e. The van der Waals surface area contributed by atoms with Crippen molar-refractivity contribution >= 4 is 12.0 Å². The molecule has 2 N–H and O–H groups in total. The maximum atomic E-state index is 12.0. The van der Waals surface area contributed by atoms with Crippen molar-refractivity contribution < 1.29 is 14.7 Å². The van der Waals surface area contributed by atoms with E-state index < -0.39 is 12.0 Å². The largest absolute Gasteiger partial charge is 0.480 e. The van der Waals surface area contributed by atoms with E-state index in [-0.39, 0.29) is 11.9 Å². The minimum Gasteiger partial charge on any atom is -0.480 e. The minimum absolute atomic E-state index is 0.0754. The van der Waals surface area contributed by atoms with Crippen LogP contribution in [-0.2, 0) is 4.79 Å². The van der Waals surface area contributed by atoms with E-state index in [4.69, 9.17) is 5.11 Å². The van der Waals surface area contributed by atoms with Crippen molar-refractivity contribution in [3.63, 3.8) is 0 Å². The van der Waals surface area contributed by atoms with Crippen LogP contribution in [0.15, 0.2) is 11.6 Å². The van der Waals surface area contributed by atoms with Gasteiger partial charge < -0.3 is 15.3 Å². The highest BCUT2D eigenvalue weighted by molar-refractivity contribution is 5.83. The molecule has 1 aliphatic rings. The van der Waals surface area contributed by atoms with Gasteiger partial charge in [-0.25, -0.2) is 9.59 Å². The van der Waals surface area contributed by atoms with Gasteiger partial charge in [-0.3, -0.25) is 0 Å². The summed E-state index contributed by atoms with van der Waals surface area (Å²) in [5.41, 5.74) is 1.27. The summed E-state index contributed by atoms with van der Waals surface area (Å²) >= 11 is 0. The van der Waals surface area contributed by atoms with Crippen LogP contribution in [0.5, 0.6) is 0 Å². The van der Waals surface area contributed by atoms with Crippen molar-refractivity contribution in [2.24, 2.45) is 5.92 Å². The van der Waals surface area contributed by atoms with Crippen LogP contribution in [0.4, 0.5) is 4.79 Å². The lowest BCUT2D eigenvalue weighted by Gasteiger charge is -2.28. The molecule has 0 aromatic heterocycles. The number of aliphatic carboxylic acids is 1. The number of nitrogens with one attached hydrogen (secondary N) is 1. The van der Waals surface area contributed by atoms with Crippen molar-refractivity contribution in [3.05, 3.63) is 11.6 Å². The highest BCUT2D eigenvalue weighted by Gasteiger charge is 2.27. The van der Waals surface area contributed by atoms with Crippen molar-refractivity contribution in [2.75, 3.05) is 13.1 Å². The van der Waals surface area contributed by atoms with Gasteiger partial charge in [-0.1, -0.05) is 31.9 Å². The number of hydrogen-bond acceptors (Lipinski definition) is 2. The summed E-state index contributed by atoms with van der Waals surface area (Å²) in [6.45, 7) is 7.00. The fourth-order valence-electron chi connectivity index (χ4n) is 1.86. The Hall–Kier alpha value is -1.52. The molecule has 1 aliphatic heterocycles. The van der Waals surface area contributed by atoms with Crippen molar-refractivity contribution in [2.45, 2.75) is 39.7 Å². The third kappa shape index (κ3) is 3.75. The molecule has 1 heterocycles. The third-order valence-corrected chi connectivity index (χ3v) is 3.48. The van der Waals surface area contributed by atoms with E-state index in [9.17, 15) is 9.59 Å². The lowest BCUT2D eigenvalue weighted by atomic mass is 9.99. The van der Waals surface area contributed by atoms with E-state index in [0.717, 1.165) is 12.8 Å². The minimum atomic E-state index is -0.971. The number of carbonyl (C=O) groups excluding carboxylic acids is 1. The molecule has 0 saturated heterocycles. The summed E-state index contributed by atoms with van der Waals surface area (Å²) in [7, 11) is 0. The van der Waals surface area contributed by atoms with Gasteiger partial charge in [-0.2, -0.15) is 0 Å². The molecular formula is C13H22N2O3. The van der Waals surface area contributed by atoms with E-state index in [2.05, 4.69) is 5.32 Å². The number of urea groups is 1. The summed E-state index contributed by atoms with van der Waals surface area (Å²) in [6, 6.07) is -1.10. The molecule has 0 fully saturated rings. The van der Waals surface area contributed by atoms with E-state index in [0.29, 0.717) is 13.1 Å². The first-order valence-electron chi connectivity index (χ1n) is 6.39. The molecule has 5 heteroatoms. The van der Waals surface area contributed by atoms with Crippen LogP contribution >= 0.6 is 0 Å². The monoisotopic (exact) mass is 254 g/mol. The Kier molecular flexibility index (Phi) is 5.19. The number of carboxylic acid groups (broad SMARTS) is 1. The normalized spacial score (nSPS) is 18.8. The second-order valence-electron chi connectivity index (χ2n) is 4.90. The maximum absolute atomic E-state index is 12.0. The molecule has 0 saturated carbocycles. The highest BCUT2D eigenvalue weighted by atomic mass is 16.4. The van der Waals surface area contributed by atoms with E-state index >= 15 is 0 Å². The Bertz CT molecular complexity index is 352. The molecule has 0 aliphatic carbocycles. The zero-order valence-electron chi connectivity index (χ0n) is 11.3. The number of carbonyl (C=O) groups is 2. The number of nitrogens with zero attached hydrogens (tertiary/aromatic N) is 1. The van der Waals surface area contributed by atoms with Crippen molar-refractivity contribution in [3.8, 4) is 0 Å². The SMILES string of the molecule is CCC(C)[C@H](NC(=O)N1CC=C(C)CC1)C(=O)O. The average Bonchev–Trinajstić information content (AvgIpc) is 2.35. The first-order chi connectivity index (χ1) is 8.45. The van der Waals surface area contributed by atoms with Gasteiger partial charge in [0.1, 0.15) is 6.04 Å². The standard InChI is InChI=1S/C13H22N2O3/c1-4-10(3)11(12(16)17)14-13(18)15-7-5-9(2)6-8-15/h5,10-11H,4,6-8H2,1-3H3,(H,14,18)(H,16,17)/t10?,11-/m0/s1. The van der Waals surface area contributed by atoms with Gasteiger partial charge in [0.15, 0.2) is 0 Å². The smallest absolute Gasteiger partial charge is 0.326 e. The zero-order valence-corrected chi connectivity index (χ0v) is 11.3. The van der Waals surface area contributed by atoms with Gasteiger partial charge >= 0.3 is 12.0 Å². The van der Waals surface area contributed by atoms with Crippen LogP contribution in [-0.4, -0.2) is 41.1 Å². The molecule has 0 aromatic rings. The summed E-state index contributed by atoms with van der Waals surface area (Å²) < 4.78 is 0. The quantitative estimate of drug-likeness (QED) is 0.752. The third-order valence-electron chi connectivity index (χ3n) is 3.48. The second-order valence-corrected chi connectivity index (χ2v) is 4.90. The molecule has 0 bridgehead atoms. The first-order valence-corrected chi connectivity index (χ1v) is 6.39. The molecule has 0 spiro atoms. The van der Waals surface area contributed by atoms with Gasteiger partial charge in [-0.05, 0) is 19.3 Å². The van der Waals surface area contributed by atoms with E-state index in [1.165, 1.54) is 5.57 Å². The fraction of sp³-hybridized carbons (Fsp3) is 0.692. The van der Waals surface area contributed by atoms with Gasteiger partial charge in [0.25, 0.3) is 0 Å². The molecular weight excluding hydrogens is 232 g/mol. The topological polar surface area (TPSA) is 69.6 Å². The van der Waals surface area contributed by atoms with Crippen LogP contribution < -0.4 is 5.32 Å². The molecule has 102 valence electrons. The van der Waals surface area contributed by atoms with Gasteiger partial charge in [0, 0.05) is 13.1 Å². The Morgan fingerprint density at radius 2 is 2.22 bits per heavy atom. The van der Waals surface area contributed by atoms with Crippen LogP contribution in [0.25, 0.3) is 0 Å². The van der Waals surface area contributed by atoms with Crippen LogP contribution in [0.1, 0.15) is 33.6 Å². The Balaban J connectivity index is 2.59. The molecule has 5 nitrogen and oxygen atoms in total. The van der Waals surface area contributed by atoms with E-state index in [1.807, 2.05) is 26.8 Å². The molecule has 0 aromatic carbocycles. The predicted octanol–water partition coefficient (Wildman–Crippen LogP) is 1.85. The van der Waals surface area contributed by atoms with Gasteiger partial charge in [0.05, 0.1) is 0 Å². The number of carboxylic acids is 1. The Labute approximate surface area is 108 Å². The molecule has 2 atom stereocenters. The Morgan fingerprint density at radius 3 is 2.67 bits per heavy atom. The second kappa shape index (κ2) is 6.42. The highest BCUT2D eigenvalue weighted by Crippen LogP contribution is 2.12. The Morgan fingerprint density at radius 1 is 1.56 bits per heavy atom. The van der Waals surface area contributed by atoms with Gasteiger partial charge in [0.2, 0.25) is 0 Å². The summed E-state index contributed by atoms with van der Waals surface area (Å²) in [6.07, 6.45) is 3.58. The summed E-state index contributed by atoms with van der Waals surface area (Å²) in [4.78, 5) is 24.7. The molecule has 1 unspecified atom stereocenters. The molecule has 18 heavy (non-hydrogen) atoms. The van der Waals surface area contributed by atoms with Crippen LogP contribution in [0.3, 0.4) is 0 Å².